The van der Waals surface area contributed by atoms with Gasteiger partial charge >= 0.3 is 0 Å². The topological polar surface area (TPSA) is 29.3 Å². The van der Waals surface area contributed by atoms with Crippen LogP contribution in [0, 0.1) is 0 Å². The van der Waals surface area contributed by atoms with Gasteiger partial charge in [0.1, 0.15) is 0 Å². The van der Waals surface area contributed by atoms with Gasteiger partial charge in [0.25, 0.3) is 0 Å². The molecule has 0 fully saturated rings. The Hall–Kier alpha value is -0.0800. The molecule has 0 amide bonds. The van der Waals surface area contributed by atoms with Crippen LogP contribution in [-0.4, -0.2) is 30.6 Å². The van der Waals surface area contributed by atoms with Gasteiger partial charge in [0.15, 0.2) is 0 Å². The number of nitrogens with zero attached hydrogens (tertiary/aromatic N) is 1. The fourth-order valence-electron chi connectivity index (χ4n) is 1.35. The Morgan fingerprint density at radius 1 is 1.33 bits per heavy atom. The van der Waals surface area contributed by atoms with Crippen LogP contribution in [0.5, 0.6) is 0 Å². The molecular formula is C10H24N2. The van der Waals surface area contributed by atoms with Crippen LogP contribution in [0.25, 0.3) is 0 Å². The van der Waals surface area contributed by atoms with E-state index in [1.165, 1.54) is 19.3 Å². The summed E-state index contributed by atoms with van der Waals surface area (Å²) < 4.78 is 0. The highest BCUT2D eigenvalue weighted by atomic mass is 15.2. The van der Waals surface area contributed by atoms with Crippen LogP contribution in [0.15, 0.2) is 0 Å². The van der Waals surface area contributed by atoms with Gasteiger partial charge in [-0.15, -0.1) is 0 Å². The molecule has 2 heteroatoms. The first kappa shape index (κ1) is 11.9. The van der Waals surface area contributed by atoms with Crippen LogP contribution >= 0.6 is 0 Å². The molecule has 0 saturated carbocycles. The zero-order valence-electron chi connectivity index (χ0n) is 9.01. The summed E-state index contributed by atoms with van der Waals surface area (Å²) in [6.45, 7) is 7.45. The van der Waals surface area contributed by atoms with E-state index in [1.807, 2.05) is 0 Å². The lowest BCUT2D eigenvalue weighted by atomic mass is 10.1. The number of rotatable bonds is 6. The van der Waals surface area contributed by atoms with E-state index >= 15 is 0 Å². The van der Waals surface area contributed by atoms with Crippen molar-refractivity contribution in [3.05, 3.63) is 0 Å². The first-order valence-corrected chi connectivity index (χ1v) is 5.05. The van der Waals surface area contributed by atoms with Crippen LogP contribution in [0.3, 0.4) is 0 Å². The molecule has 0 saturated heterocycles. The minimum absolute atomic E-state index is 0.574. The molecule has 0 aromatic rings. The third-order valence-corrected chi connectivity index (χ3v) is 2.55. The second-order valence-electron chi connectivity index (χ2n) is 3.79. The molecular weight excluding hydrogens is 148 g/mol. The maximum Gasteiger partial charge on any atom is 0.0218 e. The maximum atomic E-state index is 5.71. The molecule has 0 spiro atoms. The summed E-state index contributed by atoms with van der Waals surface area (Å²) in [5.41, 5.74) is 5.71. The van der Waals surface area contributed by atoms with Gasteiger partial charge in [-0.25, -0.2) is 0 Å². The number of likely N-dealkylation sites (N-methyl/N-ethyl adjacent to an activating group) is 1. The molecule has 12 heavy (non-hydrogen) atoms. The number of nitrogens with two attached hydrogens (primary N) is 1. The highest BCUT2D eigenvalue weighted by Crippen LogP contribution is 2.08. The molecule has 1 atom stereocenters. The van der Waals surface area contributed by atoms with Gasteiger partial charge in [-0.2, -0.15) is 0 Å². The molecule has 0 radical (unpaired) electrons. The van der Waals surface area contributed by atoms with E-state index in [-0.39, 0.29) is 0 Å². The van der Waals surface area contributed by atoms with Crippen molar-refractivity contribution in [1.29, 1.82) is 0 Å². The van der Waals surface area contributed by atoms with Gasteiger partial charge in [0.05, 0.1) is 0 Å². The summed E-state index contributed by atoms with van der Waals surface area (Å²) in [4.78, 5) is 2.37. The zero-order chi connectivity index (χ0) is 9.56. The SMILES string of the molecule is CCCCC(CN)N(C)C(C)C. The third-order valence-electron chi connectivity index (χ3n) is 2.55. The Labute approximate surface area is 77.1 Å². The molecule has 1 unspecified atom stereocenters. The van der Waals surface area contributed by atoms with E-state index in [2.05, 4.69) is 32.7 Å². The lowest BCUT2D eigenvalue weighted by molar-refractivity contribution is 0.187. The number of hydrogen-bond donors (Lipinski definition) is 1. The van der Waals surface area contributed by atoms with Crippen molar-refractivity contribution in [2.24, 2.45) is 5.73 Å². The number of unbranched alkanes of at least 4 members (excludes halogenated alkanes) is 1. The highest BCUT2D eigenvalue weighted by molar-refractivity contribution is 4.71. The van der Waals surface area contributed by atoms with Crippen LogP contribution in [0.1, 0.15) is 40.0 Å². The maximum absolute atomic E-state index is 5.71. The van der Waals surface area contributed by atoms with E-state index in [0.717, 1.165) is 6.54 Å². The van der Waals surface area contributed by atoms with E-state index < -0.39 is 0 Å². The van der Waals surface area contributed by atoms with Crippen molar-refractivity contribution in [2.75, 3.05) is 13.6 Å². The molecule has 2 nitrogen and oxygen atoms in total. The van der Waals surface area contributed by atoms with Gasteiger partial charge in [0.2, 0.25) is 0 Å². The normalized spacial score (nSPS) is 14.2. The first-order chi connectivity index (χ1) is 5.63. The summed E-state index contributed by atoms with van der Waals surface area (Å²) >= 11 is 0. The predicted octanol–water partition coefficient (Wildman–Crippen LogP) is 1.84. The van der Waals surface area contributed by atoms with Crippen LogP contribution in [0.4, 0.5) is 0 Å². The Bertz CT molecular complexity index is 102. The van der Waals surface area contributed by atoms with Crippen molar-refractivity contribution >= 4 is 0 Å². The van der Waals surface area contributed by atoms with Crippen LogP contribution in [0.2, 0.25) is 0 Å². The summed E-state index contributed by atoms with van der Waals surface area (Å²) in [5, 5.41) is 0. The van der Waals surface area contributed by atoms with Gasteiger partial charge in [-0.1, -0.05) is 19.8 Å². The lowest BCUT2D eigenvalue weighted by Gasteiger charge is -2.30. The summed E-state index contributed by atoms with van der Waals surface area (Å²) in [5.74, 6) is 0. The Kier molecular flexibility index (Phi) is 6.39. The molecule has 0 rings (SSSR count). The lowest BCUT2D eigenvalue weighted by Crippen LogP contribution is -2.41. The minimum Gasteiger partial charge on any atom is -0.329 e. The van der Waals surface area contributed by atoms with Crippen molar-refractivity contribution in [2.45, 2.75) is 52.1 Å². The Morgan fingerprint density at radius 3 is 2.25 bits per heavy atom. The fraction of sp³-hybridized carbons (Fsp3) is 1.00. The molecule has 0 aromatic carbocycles. The molecule has 0 aromatic heterocycles. The summed E-state index contributed by atoms with van der Waals surface area (Å²) in [6, 6.07) is 1.18. The molecule has 0 aliphatic carbocycles. The Morgan fingerprint density at radius 2 is 1.92 bits per heavy atom. The highest BCUT2D eigenvalue weighted by Gasteiger charge is 2.14. The van der Waals surface area contributed by atoms with Gasteiger partial charge in [-0.05, 0) is 27.3 Å². The van der Waals surface area contributed by atoms with Crippen LogP contribution in [-0.2, 0) is 0 Å². The molecule has 74 valence electrons. The van der Waals surface area contributed by atoms with Crippen molar-refractivity contribution in [1.82, 2.24) is 4.90 Å². The first-order valence-electron chi connectivity index (χ1n) is 5.05. The summed E-state index contributed by atoms with van der Waals surface area (Å²) in [7, 11) is 2.16. The fourth-order valence-corrected chi connectivity index (χ4v) is 1.35. The summed E-state index contributed by atoms with van der Waals surface area (Å²) in [6.07, 6.45) is 3.79. The zero-order valence-corrected chi connectivity index (χ0v) is 9.01. The second kappa shape index (κ2) is 6.44. The quantitative estimate of drug-likeness (QED) is 0.662. The average molecular weight is 172 g/mol. The Balaban J connectivity index is 3.79. The van der Waals surface area contributed by atoms with Crippen molar-refractivity contribution < 1.29 is 0 Å². The minimum atomic E-state index is 0.574. The molecule has 2 N–H and O–H groups in total. The van der Waals surface area contributed by atoms with Gasteiger partial charge in [0, 0.05) is 18.6 Å². The molecule has 0 heterocycles. The van der Waals surface area contributed by atoms with Gasteiger partial charge in [-0.3, -0.25) is 4.90 Å². The standard InChI is InChI=1S/C10H24N2/c1-5-6-7-10(8-11)12(4)9(2)3/h9-10H,5-8,11H2,1-4H3. The molecule has 0 aliphatic rings. The van der Waals surface area contributed by atoms with E-state index in [9.17, 15) is 0 Å². The monoisotopic (exact) mass is 172 g/mol. The van der Waals surface area contributed by atoms with Crippen molar-refractivity contribution in [3.8, 4) is 0 Å². The molecule has 0 bridgehead atoms. The second-order valence-corrected chi connectivity index (χ2v) is 3.79. The van der Waals surface area contributed by atoms with Crippen LogP contribution < -0.4 is 5.73 Å². The smallest absolute Gasteiger partial charge is 0.0218 e. The number of hydrogen-bond acceptors (Lipinski definition) is 2. The van der Waals surface area contributed by atoms with Gasteiger partial charge < -0.3 is 5.73 Å². The predicted molar refractivity (Wildman–Crippen MR) is 55.3 cm³/mol. The van der Waals surface area contributed by atoms with Crippen molar-refractivity contribution in [3.63, 3.8) is 0 Å². The van der Waals surface area contributed by atoms with E-state index in [0.29, 0.717) is 12.1 Å². The molecule has 0 aliphatic heterocycles. The average Bonchev–Trinajstić information content (AvgIpc) is 2.05. The van der Waals surface area contributed by atoms with E-state index in [4.69, 9.17) is 5.73 Å². The third kappa shape index (κ3) is 4.07. The largest absolute Gasteiger partial charge is 0.329 e. The van der Waals surface area contributed by atoms with E-state index in [1.54, 1.807) is 0 Å².